The van der Waals surface area contributed by atoms with Gasteiger partial charge in [-0.3, -0.25) is 9.59 Å². The van der Waals surface area contributed by atoms with E-state index in [1.54, 1.807) is 23.5 Å². The van der Waals surface area contributed by atoms with Crippen molar-refractivity contribution < 1.29 is 9.59 Å². The van der Waals surface area contributed by atoms with Gasteiger partial charge in [0.05, 0.1) is 11.5 Å². The van der Waals surface area contributed by atoms with E-state index in [1.165, 1.54) is 0 Å². The lowest BCUT2D eigenvalue weighted by molar-refractivity contribution is -0.132. The van der Waals surface area contributed by atoms with Crippen molar-refractivity contribution in [3.63, 3.8) is 0 Å². The van der Waals surface area contributed by atoms with Crippen molar-refractivity contribution in [2.45, 2.75) is 10.7 Å². The summed E-state index contributed by atoms with van der Waals surface area (Å²) in [4.78, 5) is 28.6. The van der Waals surface area contributed by atoms with Crippen LogP contribution in [0.3, 0.4) is 0 Å². The fourth-order valence-electron chi connectivity index (χ4n) is 3.48. The Morgan fingerprint density at radius 2 is 1.21 bits per heavy atom. The van der Waals surface area contributed by atoms with E-state index < -0.39 is 0 Å². The van der Waals surface area contributed by atoms with Gasteiger partial charge in [0.25, 0.3) is 0 Å². The summed E-state index contributed by atoms with van der Waals surface area (Å²) in [5.41, 5.74) is 2.02. The number of thioether (sulfide) groups is 2. The smallest absolute Gasteiger partial charge is 0.233 e. The monoisotopic (exact) mass is 452 g/mol. The van der Waals surface area contributed by atoms with Gasteiger partial charge in [-0.15, -0.1) is 23.5 Å². The van der Waals surface area contributed by atoms with Crippen molar-refractivity contribution in [1.82, 2.24) is 9.80 Å². The first-order valence-electron chi connectivity index (χ1n) is 8.86. The van der Waals surface area contributed by atoms with Gasteiger partial charge in [0.15, 0.2) is 0 Å². The van der Waals surface area contributed by atoms with Crippen molar-refractivity contribution in [3.8, 4) is 0 Å². The third kappa shape index (κ3) is 4.15. The molecule has 0 radical (unpaired) electrons. The predicted molar refractivity (Wildman–Crippen MR) is 117 cm³/mol. The van der Waals surface area contributed by atoms with Crippen LogP contribution in [0.5, 0.6) is 0 Å². The maximum Gasteiger partial charge on any atom is 0.233 e. The average molecular weight is 453 g/mol. The molecule has 2 aromatic carbocycles. The van der Waals surface area contributed by atoms with E-state index in [-0.39, 0.29) is 22.6 Å². The van der Waals surface area contributed by atoms with E-state index in [4.69, 9.17) is 23.2 Å². The lowest BCUT2D eigenvalue weighted by Crippen LogP contribution is -2.39. The fraction of sp³-hybridized carbons (Fsp3) is 0.300. The highest BCUT2D eigenvalue weighted by Crippen LogP contribution is 2.41. The van der Waals surface area contributed by atoms with Gasteiger partial charge in [-0.05, 0) is 35.4 Å². The van der Waals surface area contributed by atoms with E-state index >= 15 is 0 Å². The van der Waals surface area contributed by atoms with E-state index in [9.17, 15) is 9.59 Å². The molecule has 146 valence electrons. The van der Waals surface area contributed by atoms with Crippen molar-refractivity contribution in [1.29, 1.82) is 0 Å². The molecule has 0 N–H and O–H groups in total. The first-order valence-corrected chi connectivity index (χ1v) is 11.7. The summed E-state index contributed by atoms with van der Waals surface area (Å²) in [7, 11) is 0. The lowest BCUT2D eigenvalue weighted by Gasteiger charge is -2.29. The highest BCUT2D eigenvalue weighted by atomic mass is 35.5. The molecule has 2 saturated heterocycles. The summed E-state index contributed by atoms with van der Waals surface area (Å²) >= 11 is 15.4. The number of carbonyl (C=O) groups excluding carboxylic acids is 2. The maximum atomic E-state index is 12.5. The van der Waals surface area contributed by atoms with E-state index in [1.807, 2.05) is 58.3 Å². The van der Waals surface area contributed by atoms with Crippen LogP contribution in [0.15, 0.2) is 48.5 Å². The zero-order valence-corrected chi connectivity index (χ0v) is 18.0. The number of nitrogens with zero attached hydrogens (tertiary/aromatic N) is 2. The SMILES string of the molecule is O=C1CS[C@H](c2cccc(Cl)c2)N1CCN1C(=O)CS[C@@H]1c1cccc(Cl)c1. The van der Waals surface area contributed by atoms with Crippen molar-refractivity contribution >= 4 is 58.5 Å². The minimum atomic E-state index is -0.0684. The molecular formula is C20H18Cl2N2O2S2. The third-order valence-electron chi connectivity index (χ3n) is 4.79. The molecule has 2 aliphatic heterocycles. The molecule has 2 amide bonds. The van der Waals surface area contributed by atoms with E-state index in [2.05, 4.69) is 0 Å². The van der Waals surface area contributed by atoms with Crippen LogP contribution >= 0.6 is 46.7 Å². The zero-order chi connectivity index (χ0) is 19.7. The highest BCUT2D eigenvalue weighted by Gasteiger charge is 2.36. The van der Waals surface area contributed by atoms with E-state index in [0.717, 1.165) is 11.1 Å². The lowest BCUT2D eigenvalue weighted by atomic mass is 10.2. The normalized spacial score (nSPS) is 22.4. The standard InChI is InChI=1S/C20H18Cl2N2O2S2/c21-15-5-1-3-13(9-15)19-23(17(25)11-27-19)7-8-24-18(26)12-28-20(24)14-4-2-6-16(22)10-14/h1-6,9-10,19-20H,7-8,11-12H2/t19-,20-/m1/s1. The van der Waals surface area contributed by atoms with Crippen molar-refractivity contribution in [3.05, 3.63) is 69.7 Å². The second-order valence-electron chi connectivity index (χ2n) is 6.61. The summed E-state index contributed by atoms with van der Waals surface area (Å²) < 4.78 is 0. The predicted octanol–water partition coefficient (Wildman–Crippen LogP) is 4.84. The summed E-state index contributed by atoms with van der Waals surface area (Å²) in [6.07, 6.45) is 0. The molecule has 28 heavy (non-hydrogen) atoms. The number of rotatable bonds is 5. The van der Waals surface area contributed by atoms with Gasteiger partial charge < -0.3 is 9.80 Å². The molecule has 8 heteroatoms. The van der Waals surface area contributed by atoms with Crippen LogP contribution < -0.4 is 0 Å². The summed E-state index contributed by atoms with van der Waals surface area (Å²) in [5.74, 6) is 1.07. The Kier molecular flexibility index (Phi) is 6.11. The fourth-order valence-corrected chi connectivity index (χ4v) is 6.29. The van der Waals surface area contributed by atoms with Crippen molar-refractivity contribution in [2.75, 3.05) is 24.6 Å². The zero-order valence-electron chi connectivity index (χ0n) is 14.9. The Morgan fingerprint density at radius 3 is 1.61 bits per heavy atom. The Hall–Kier alpha value is -1.34. The number of amides is 2. The van der Waals surface area contributed by atoms with Gasteiger partial charge >= 0.3 is 0 Å². The summed E-state index contributed by atoms with van der Waals surface area (Å²) in [5, 5.41) is 1.18. The van der Waals surface area contributed by atoms with Crippen LogP contribution in [0.1, 0.15) is 21.9 Å². The Labute approximate surface area is 182 Å². The quantitative estimate of drug-likeness (QED) is 0.650. The molecule has 4 rings (SSSR count). The Morgan fingerprint density at radius 1 is 0.786 bits per heavy atom. The van der Waals surface area contributed by atoms with Crippen LogP contribution in [-0.2, 0) is 9.59 Å². The number of carbonyl (C=O) groups is 2. The summed E-state index contributed by atoms with van der Waals surface area (Å²) in [6.45, 7) is 0.985. The van der Waals surface area contributed by atoms with Gasteiger partial charge in [-0.25, -0.2) is 0 Å². The molecule has 0 spiro atoms. The van der Waals surface area contributed by atoms with Crippen LogP contribution in [0.2, 0.25) is 10.0 Å². The number of benzene rings is 2. The topological polar surface area (TPSA) is 40.6 Å². The molecule has 0 unspecified atom stereocenters. The molecule has 0 aliphatic carbocycles. The first kappa shape index (κ1) is 20.0. The Balaban J connectivity index is 1.50. The minimum absolute atomic E-state index is 0.0684. The second-order valence-corrected chi connectivity index (χ2v) is 9.62. The summed E-state index contributed by atoms with van der Waals surface area (Å²) in [6, 6.07) is 15.2. The number of hydrogen-bond acceptors (Lipinski definition) is 4. The van der Waals surface area contributed by atoms with Gasteiger partial charge in [-0.2, -0.15) is 0 Å². The minimum Gasteiger partial charge on any atom is -0.324 e. The van der Waals surface area contributed by atoms with Gasteiger partial charge in [0.1, 0.15) is 10.7 Å². The molecular weight excluding hydrogens is 435 g/mol. The Bertz CT molecular complexity index is 838. The van der Waals surface area contributed by atoms with Crippen LogP contribution in [0.4, 0.5) is 0 Å². The molecule has 0 bridgehead atoms. The van der Waals surface area contributed by atoms with Gasteiger partial charge in [0, 0.05) is 23.1 Å². The van der Waals surface area contributed by atoms with Crippen LogP contribution in [-0.4, -0.2) is 46.2 Å². The molecule has 0 aromatic heterocycles. The molecule has 2 aliphatic rings. The van der Waals surface area contributed by atoms with Crippen LogP contribution in [0.25, 0.3) is 0 Å². The van der Waals surface area contributed by atoms with Gasteiger partial charge in [0.2, 0.25) is 11.8 Å². The number of hydrogen-bond donors (Lipinski definition) is 0. The molecule has 4 nitrogen and oxygen atoms in total. The molecule has 2 atom stereocenters. The highest BCUT2D eigenvalue weighted by molar-refractivity contribution is 8.00. The maximum absolute atomic E-state index is 12.5. The second kappa shape index (κ2) is 8.57. The van der Waals surface area contributed by atoms with Crippen LogP contribution in [0, 0.1) is 0 Å². The van der Waals surface area contributed by atoms with Gasteiger partial charge in [-0.1, -0.05) is 47.5 Å². The average Bonchev–Trinajstić information content (AvgIpc) is 3.22. The molecule has 2 fully saturated rings. The first-order chi connectivity index (χ1) is 13.5. The largest absolute Gasteiger partial charge is 0.324 e. The van der Waals surface area contributed by atoms with Crippen molar-refractivity contribution in [2.24, 2.45) is 0 Å². The number of halogens is 2. The third-order valence-corrected chi connectivity index (χ3v) is 7.77. The van der Waals surface area contributed by atoms with E-state index in [0.29, 0.717) is 34.6 Å². The molecule has 2 heterocycles. The molecule has 2 aromatic rings. The molecule has 0 saturated carbocycles.